The third-order valence-electron chi connectivity index (χ3n) is 2.99. The summed E-state index contributed by atoms with van der Waals surface area (Å²) in [6.45, 7) is 5.39. The van der Waals surface area contributed by atoms with Crippen LogP contribution in [-0.2, 0) is 4.74 Å². The number of halogens is 1. The number of rotatable bonds is 1. The Bertz CT molecular complexity index is 711. The van der Waals surface area contributed by atoms with Crippen LogP contribution < -0.4 is 0 Å². The lowest BCUT2D eigenvalue weighted by molar-refractivity contribution is 0.00692. The van der Waals surface area contributed by atoms with Crippen molar-refractivity contribution in [1.82, 2.24) is 0 Å². The number of fused-ring (bicyclic) bond motifs is 1. The average molecular weight is 313 g/mol. The highest BCUT2D eigenvalue weighted by atomic mass is 35.5. The maximum Gasteiger partial charge on any atom is 0.339 e. The first-order valence-electron chi connectivity index (χ1n) is 6.91. The fraction of sp³-hybridized carbons (Fsp3) is 0.211. The zero-order chi connectivity index (χ0) is 16.3. The summed E-state index contributed by atoms with van der Waals surface area (Å²) < 4.78 is 5.23. The quantitative estimate of drug-likeness (QED) is 0.470. The predicted molar refractivity (Wildman–Crippen MR) is 90.0 cm³/mol. The number of esters is 1. The molecule has 0 unspecified atom stereocenters. The van der Waals surface area contributed by atoms with Gasteiger partial charge in [-0.15, -0.1) is 6.42 Å². The summed E-state index contributed by atoms with van der Waals surface area (Å²) in [6, 6.07) is 13.4. The Kier molecular flexibility index (Phi) is 4.59. The van der Waals surface area contributed by atoms with E-state index in [1.807, 2.05) is 0 Å². The van der Waals surface area contributed by atoms with E-state index in [0.29, 0.717) is 16.1 Å². The van der Waals surface area contributed by atoms with Crippen LogP contribution in [-0.4, -0.2) is 11.6 Å². The minimum absolute atomic E-state index is 0.324. The van der Waals surface area contributed by atoms with Gasteiger partial charge >= 0.3 is 5.97 Å². The van der Waals surface area contributed by atoms with Gasteiger partial charge in [-0.1, -0.05) is 47.9 Å². The molecule has 0 spiro atoms. The van der Waals surface area contributed by atoms with Crippen LogP contribution >= 0.6 is 11.6 Å². The van der Waals surface area contributed by atoms with Crippen molar-refractivity contribution in [3.63, 3.8) is 0 Å². The number of benzene rings is 2. The van der Waals surface area contributed by atoms with E-state index in [-0.39, 0.29) is 0 Å². The summed E-state index contributed by atoms with van der Waals surface area (Å²) in [5.41, 5.74) is 3.00. The normalized spacial score (nSPS) is 10.9. The van der Waals surface area contributed by atoms with E-state index in [0.717, 1.165) is 0 Å². The molecule has 0 atom stereocenters. The largest absolute Gasteiger partial charge is 0.456 e. The molecule has 0 fully saturated rings. The first-order valence-corrected chi connectivity index (χ1v) is 7.28. The summed E-state index contributed by atoms with van der Waals surface area (Å²) in [6.07, 6.45) is 5.31. The minimum Gasteiger partial charge on any atom is -0.456 e. The molecular weight excluding hydrogens is 296 g/mol. The van der Waals surface area contributed by atoms with E-state index in [4.69, 9.17) is 22.8 Å². The standard InChI is InChI=1S/C13H13ClO2.C6H4/c1-5-9-10(7-6-8-11(9)14)12(15)16-13(2,3)4;1-2-6-4-3-5(1)6/h1,6-8H,2-4H3;1-4H. The molecule has 2 nitrogen and oxygen atoms in total. The summed E-state index contributed by atoms with van der Waals surface area (Å²) in [7, 11) is 0. The molecule has 0 saturated carbocycles. The first kappa shape index (κ1) is 16.1. The highest BCUT2D eigenvalue weighted by Gasteiger charge is 2.20. The molecule has 1 aromatic rings. The molecule has 1 aromatic carbocycles. The van der Waals surface area contributed by atoms with Gasteiger partial charge in [0.05, 0.1) is 16.1 Å². The molecule has 0 heterocycles. The molecule has 0 N–H and O–H groups in total. The topological polar surface area (TPSA) is 26.3 Å². The zero-order valence-electron chi connectivity index (χ0n) is 12.8. The van der Waals surface area contributed by atoms with Crippen molar-refractivity contribution >= 4 is 17.6 Å². The maximum absolute atomic E-state index is 11.8. The molecule has 112 valence electrons. The molecule has 2 aliphatic rings. The molecule has 3 heteroatoms. The fourth-order valence-corrected chi connectivity index (χ4v) is 2.07. The smallest absolute Gasteiger partial charge is 0.339 e. The molecule has 0 aliphatic heterocycles. The van der Waals surface area contributed by atoms with Crippen LogP contribution in [0, 0.1) is 12.3 Å². The third kappa shape index (κ3) is 3.69. The number of terminal acetylenes is 1. The molecule has 2 aliphatic carbocycles. The Morgan fingerprint density at radius 1 is 1.09 bits per heavy atom. The van der Waals surface area contributed by atoms with E-state index in [2.05, 4.69) is 30.2 Å². The molecule has 3 rings (SSSR count). The van der Waals surface area contributed by atoms with Crippen molar-refractivity contribution in [1.29, 1.82) is 0 Å². The van der Waals surface area contributed by atoms with Gasteiger partial charge in [0.2, 0.25) is 0 Å². The van der Waals surface area contributed by atoms with Gasteiger partial charge < -0.3 is 4.74 Å². The summed E-state index contributed by atoms with van der Waals surface area (Å²) in [5, 5.41) is 0.380. The fourth-order valence-electron chi connectivity index (χ4n) is 1.84. The van der Waals surface area contributed by atoms with Crippen LogP contribution in [0.15, 0.2) is 42.5 Å². The Morgan fingerprint density at radius 3 is 2.00 bits per heavy atom. The van der Waals surface area contributed by atoms with Gasteiger partial charge in [0.1, 0.15) is 5.60 Å². The summed E-state index contributed by atoms with van der Waals surface area (Å²) in [4.78, 5) is 11.8. The monoisotopic (exact) mass is 312 g/mol. The minimum atomic E-state index is -0.550. The van der Waals surface area contributed by atoms with Gasteiger partial charge in [-0.25, -0.2) is 4.79 Å². The first-order chi connectivity index (χ1) is 10.3. The Balaban J connectivity index is 0.000000238. The van der Waals surface area contributed by atoms with Crippen molar-refractivity contribution in [2.45, 2.75) is 26.4 Å². The van der Waals surface area contributed by atoms with Gasteiger partial charge in [-0.05, 0) is 44.0 Å². The van der Waals surface area contributed by atoms with Crippen LogP contribution in [0.25, 0.3) is 11.1 Å². The third-order valence-corrected chi connectivity index (χ3v) is 3.31. The van der Waals surface area contributed by atoms with Gasteiger partial charge in [-0.2, -0.15) is 0 Å². The van der Waals surface area contributed by atoms with Crippen LogP contribution in [0.5, 0.6) is 0 Å². The Hall–Kier alpha value is -2.24. The number of ether oxygens (including phenoxy) is 1. The number of hydrogen-bond donors (Lipinski definition) is 0. The van der Waals surface area contributed by atoms with Crippen molar-refractivity contribution in [3.05, 3.63) is 58.6 Å². The van der Waals surface area contributed by atoms with Crippen molar-refractivity contribution in [3.8, 4) is 23.5 Å². The molecule has 22 heavy (non-hydrogen) atoms. The van der Waals surface area contributed by atoms with E-state index >= 15 is 0 Å². The SMILES string of the molecule is C#Cc1c(Cl)cccc1C(=O)OC(C)(C)C.c1cc2ccc1-2. The highest BCUT2D eigenvalue weighted by molar-refractivity contribution is 6.32. The van der Waals surface area contributed by atoms with Crippen molar-refractivity contribution in [2.24, 2.45) is 0 Å². The van der Waals surface area contributed by atoms with Crippen LogP contribution in [0.1, 0.15) is 36.7 Å². The molecule has 0 amide bonds. The highest BCUT2D eigenvalue weighted by Crippen LogP contribution is 2.29. The number of carbonyl (C=O) groups excluding carboxylic acids is 1. The Morgan fingerprint density at radius 2 is 1.64 bits per heavy atom. The zero-order valence-corrected chi connectivity index (χ0v) is 13.6. The maximum atomic E-state index is 11.8. The van der Waals surface area contributed by atoms with Gasteiger partial charge in [0.25, 0.3) is 0 Å². The average Bonchev–Trinajstić information content (AvgIpc) is 2.41. The van der Waals surface area contributed by atoms with Crippen molar-refractivity contribution in [2.75, 3.05) is 0 Å². The molecule has 0 aromatic heterocycles. The molecule has 0 bridgehead atoms. The lowest BCUT2D eigenvalue weighted by Gasteiger charge is -2.20. The summed E-state index contributed by atoms with van der Waals surface area (Å²) >= 11 is 5.89. The molecule has 0 saturated heterocycles. The van der Waals surface area contributed by atoms with E-state index in [9.17, 15) is 4.79 Å². The second kappa shape index (κ2) is 6.25. The van der Waals surface area contributed by atoms with E-state index in [1.54, 1.807) is 39.0 Å². The number of carbonyl (C=O) groups is 1. The lowest BCUT2D eigenvalue weighted by Crippen LogP contribution is -2.24. The van der Waals surface area contributed by atoms with Crippen molar-refractivity contribution < 1.29 is 9.53 Å². The lowest BCUT2D eigenvalue weighted by atomic mass is 9.95. The Labute approximate surface area is 136 Å². The predicted octanol–water partition coefficient (Wildman–Crippen LogP) is 4.94. The molecule has 0 radical (unpaired) electrons. The van der Waals surface area contributed by atoms with Crippen LogP contribution in [0.3, 0.4) is 0 Å². The van der Waals surface area contributed by atoms with Crippen LogP contribution in [0.2, 0.25) is 5.02 Å². The summed E-state index contributed by atoms with van der Waals surface area (Å²) in [5.74, 6) is 1.94. The van der Waals surface area contributed by atoms with E-state index < -0.39 is 11.6 Å². The van der Waals surface area contributed by atoms with Gasteiger partial charge in [0.15, 0.2) is 0 Å². The second-order valence-electron chi connectivity index (χ2n) is 5.89. The number of hydrogen-bond acceptors (Lipinski definition) is 2. The van der Waals surface area contributed by atoms with E-state index in [1.165, 1.54) is 11.1 Å². The van der Waals surface area contributed by atoms with Gasteiger partial charge in [-0.3, -0.25) is 0 Å². The van der Waals surface area contributed by atoms with Crippen LogP contribution in [0.4, 0.5) is 0 Å². The second-order valence-corrected chi connectivity index (χ2v) is 6.29. The van der Waals surface area contributed by atoms with Gasteiger partial charge in [0, 0.05) is 0 Å². The molecular formula is C19H17ClO2.